The van der Waals surface area contributed by atoms with Gasteiger partial charge < -0.3 is 10.6 Å². The first-order valence-electron chi connectivity index (χ1n) is 5.89. The Bertz CT molecular complexity index is 402. The van der Waals surface area contributed by atoms with Gasteiger partial charge in [-0.3, -0.25) is 4.79 Å². The predicted molar refractivity (Wildman–Crippen MR) is 71.3 cm³/mol. The maximum atomic E-state index is 10.4. The fraction of sp³-hybridized carbons (Fsp3) is 0.462. The first-order chi connectivity index (χ1) is 8.83. The molecule has 1 aliphatic rings. The van der Waals surface area contributed by atoms with E-state index in [0.717, 1.165) is 31.7 Å². The summed E-state index contributed by atoms with van der Waals surface area (Å²) in [5, 5.41) is 0. The highest BCUT2D eigenvalue weighted by Gasteiger charge is 2.18. The van der Waals surface area contributed by atoms with Gasteiger partial charge in [0.2, 0.25) is 0 Å². The van der Waals surface area contributed by atoms with E-state index in [4.69, 9.17) is 6.42 Å². The zero-order chi connectivity index (χ0) is 13.4. The summed E-state index contributed by atoms with van der Waals surface area (Å²) in [6, 6.07) is 0. The van der Waals surface area contributed by atoms with Gasteiger partial charge in [0.15, 0.2) is 6.29 Å². The van der Waals surface area contributed by atoms with Crippen LogP contribution < -0.4 is 10.6 Å². The van der Waals surface area contributed by atoms with Gasteiger partial charge in [0.25, 0.3) is 0 Å². The number of nitrogens with zero attached hydrogens (tertiary/aromatic N) is 3. The molecule has 2 heterocycles. The van der Waals surface area contributed by atoms with Crippen molar-refractivity contribution < 1.29 is 4.79 Å². The highest BCUT2D eigenvalue weighted by atomic mass is 16.1. The monoisotopic (exact) mass is 246 g/mol. The minimum absolute atomic E-state index is 0.363. The molecule has 0 radical (unpaired) electrons. The van der Waals surface area contributed by atoms with Crippen molar-refractivity contribution in [3.63, 3.8) is 0 Å². The summed E-state index contributed by atoms with van der Waals surface area (Å²) in [6.45, 7) is 1.81. The quantitative estimate of drug-likeness (QED) is 0.614. The molecule has 0 amide bonds. The molecule has 0 saturated carbocycles. The van der Waals surface area contributed by atoms with Gasteiger partial charge in [-0.05, 0) is 19.9 Å². The third kappa shape index (κ3) is 3.54. The molecule has 0 atom stereocenters. The summed E-state index contributed by atoms with van der Waals surface area (Å²) in [4.78, 5) is 20.8. The molecule has 96 valence electrons. The summed E-state index contributed by atoms with van der Waals surface area (Å²) in [5.74, 6) is 3.99. The predicted octanol–water partition coefficient (Wildman–Crippen LogP) is 0.714. The Morgan fingerprint density at radius 1 is 1.39 bits per heavy atom. The summed E-state index contributed by atoms with van der Waals surface area (Å²) >= 11 is 0. The number of terminal acetylenes is 1. The van der Waals surface area contributed by atoms with Crippen LogP contribution in [0.25, 0.3) is 0 Å². The number of carbonyl (C=O) groups is 1. The molecule has 1 fully saturated rings. The van der Waals surface area contributed by atoms with Crippen LogP contribution in [0, 0.1) is 18.3 Å². The molecule has 1 saturated heterocycles. The average Bonchev–Trinajstić information content (AvgIpc) is 2.49. The Morgan fingerprint density at radius 2 is 2.06 bits per heavy atom. The number of aromatic nitrogens is 2. The number of carbonyl (C=O) groups excluding carboxylic acids is 1. The van der Waals surface area contributed by atoms with Crippen LogP contribution in [0.15, 0.2) is 12.4 Å². The minimum Gasteiger partial charge on any atom is -0.355 e. The summed E-state index contributed by atoms with van der Waals surface area (Å²) in [7, 11) is 1.50. The van der Waals surface area contributed by atoms with Gasteiger partial charge in [0.1, 0.15) is 11.5 Å². The number of piperidine rings is 1. The summed E-state index contributed by atoms with van der Waals surface area (Å²) in [6.07, 6.45) is 11.2. The molecule has 0 bridgehead atoms. The van der Waals surface area contributed by atoms with Crippen LogP contribution in [0.4, 0.5) is 5.82 Å². The lowest BCUT2D eigenvalue weighted by molar-refractivity contribution is 0.111. The molecule has 0 spiro atoms. The fourth-order valence-electron chi connectivity index (χ4n) is 1.83. The van der Waals surface area contributed by atoms with E-state index in [1.54, 1.807) is 6.20 Å². The van der Waals surface area contributed by atoms with E-state index in [2.05, 4.69) is 26.5 Å². The van der Waals surface area contributed by atoms with Crippen molar-refractivity contribution in [2.45, 2.75) is 12.8 Å². The van der Waals surface area contributed by atoms with E-state index in [9.17, 15) is 4.79 Å². The molecule has 1 aromatic heterocycles. The Labute approximate surface area is 107 Å². The number of hydrogen-bond donors (Lipinski definition) is 1. The summed E-state index contributed by atoms with van der Waals surface area (Å²) < 4.78 is 0. The molecule has 0 aromatic carbocycles. The molecule has 1 aromatic rings. The zero-order valence-electron chi connectivity index (χ0n) is 10.5. The van der Waals surface area contributed by atoms with Crippen molar-refractivity contribution in [2.75, 3.05) is 25.0 Å². The van der Waals surface area contributed by atoms with Crippen LogP contribution >= 0.6 is 0 Å². The topological polar surface area (TPSA) is 72.1 Å². The smallest absolute Gasteiger partial charge is 0.170 e. The van der Waals surface area contributed by atoms with Crippen LogP contribution in [0.2, 0.25) is 0 Å². The first kappa shape index (κ1) is 14.1. The van der Waals surface area contributed by atoms with E-state index in [1.807, 2.05) is 0 Å². The third-order valence-corrected chi connectivity index (χ3v) is 2.83. The molecule has 1 aliphatic heterocycles. The van der Waals surface area contributed by atoms with Crippen molar-refractivity contribution in [3.05, 3.63) is 18.1 Å². The number of nitrogens with two attached hydrogens (primary N) is 1. The van der Waals surface area contributed by atoms with Crippen molar-refractivity contribution in [3.8, 4) is 12.3 Å². The van der Waals surface area contributed by atoms with Gasteiger partial charge in [-0.25, -0.2) is 9.97 Å². The molecule has 0 unspecified atom stereocenters. The van der Waals surface area contributed by atoms with Crippen molar-refractivity contribution in [1.82, 2.24) is 9.97 Å². The fourth-order valence-corrected chi connectivity index (χ4v) is 1.83. The number of hydrogen-bond acceptors (Lipinski definition) is 5. The highest BCUT2D eigenvalue weighted by molar-refractivity contribution is 5.71. The van der Waals surface area contributed by atoms with Crippen LogP contribution in [0.5, 0.6) is 0 Å². The average molecular weight is 246 g/mol. The second-order valence-electron chi connectivity index (χ2n) is 3.85. The Morgan fingerprint density at radius 3 is 2.50 bits per heavy atom. The normalized spacial score (nSPS) is 15.3. The molecule has 18 heavy (non-hydrogen) atoms. The molecule has 2 N–H and O–H groups in total. The lowest BCUT2D eigenvalue weighted by Crippen LogP contribution is -2.33. The van der Waals surface area contributed by atoms with E-state index in [0.29, 0.717) is 17.9 Å². The summed E-state index contributed by atoms with van der Waals surface area (Å²) in [5.41, 5.74) is 4.86. The molecule has 0 aliphatic carbocycles. The number of anilines is 1. The SMILES string of the molecule is C#CC1CCN(c2cnc(C=O)cn2)CC1.CN. The second-order valence-corrected chi connectivity index (χ2v) is 3.85. The molecule has 5 nitrogen and oxygen atoms in total. The first-order valence-corrected chi connectivity index (χ1v) is 5.89. The minimum atomic E-state index is 0.363. The van der Waals surface area contributed by atoms with E-state index in [-0.39, 0.29) is 0 Å². The Balaban J connectivity index is 0.000000771. The highest BCUT2D eigenvalue weighted by Crippen LogP contribution is 2.20. The maximum Gasteiger partial charge on any atom is 0.170 e. The van der Waals surface area contributed by atoms with Crippen LogP contribution in [-0.4, -0.2) is 36.4 Å². The van der Waals surface area contributed by atoms with E-state index in [1.165, 1.54) is 13.2 Å². The van der Waals surface area contributed by atoms with Crippen LogP contribution in [0.3, 0.4) is 0 Å². The maximum absolute atomic E-state index is 10.4. The lowest BCUT2D eigenvalue weighted by atomic mass is 9.98. The van der Waals surface area contributed by atoms with Gasteiger partial charge in [-0.1, -0.05) is 0 Å². The van der Waals surface area contributed by atoms with Gasteiger partial charge in [-0.2, -0.15) is 0 Å². The van der Waals surface area contributed by atoms with Gasteiger partial charge in [0, 0.05) is 19.0 Å². The number of aldehydes is 1. The standard InChI is InChI=1S/C12H13N3O.CH5N/c1-2-10-3-5-15(6-4-10)12-8-13-11(9-16)7-14-12;1-2/h1,7-10H,3-6H2;2H2,1H3. The van der Waals surface area contributed by atoms with E-state index < -0.39 is 0 Å². The lowest BCUT2D eigenvalue weighted by Gasteiger charge is -2.30. The third-order valence-electron chi connectivity index (χ3n) is 2.83. The van der Waals surface area contributed by atoms with Gasteiger partial charge in [-0.15, -0.1) is 12.3 Å². The van der Waals surface area contributed by atoms with Crippen LogP contribution in [-0.2, 0) is 0 Å². The Kier molecular flexibility index (Phi) is 5.81. The van der Waals surface area contributed by atoms with Crippen molar-refractivity contribution >= 4 is 12.1 Å². The molecular formula is C13H18N4O. The van der Waals surface area contributed by atoms with Crippen molar-refractivity contribution in [2.24, 2.45) is 11.7 Å². The molecular weight excluding hydrogens is 228 g/mol. The largest absolute Gasteiger partial charge is 0.355 e. The van der Waals surface area contributed by atoms with Gasteiger partial charge >= 0.3 is 0 Å². The van der Waals surface area contributed by atoms with E-state index >= 15 is 0 Å². The molecule has 2 rings (SSSR count). The molecule has 5 heteroatoms. The number of rotatable bonds is 2. The zero-order valence-corrected chi connectivity index (χ0v) is 10.5. The van der Waals surface area contributed by atoms with Gasteiger partial charge in [0.05, 0.1) is 12.4 Å². The second kappa shape index (κ2) is 7.41. The van der Waals surface area contributed by atoms with Crippen molar-refractivity contribution in [1.29, 1.82) is 0 Å². The van der Waals surface area contributed by atoms with Crippen LogP contribution in [0.1, 0.15) is 23.3 Å². The Hall–Kier alpha value is -1.93.